The molecule has 0 spiro atoms. The average molecular weight is 367 g/mol. The lowest BCUT2D eigenvalue weighted by molar-refractivity contribution is 0.0698. The van der Waals surface area contributed by atoms with Crippen LogP contribution < -0.4 is 10.1 Å². The number of para-hydroxylation sites is 1. The number of nitrogens with zero attached hydrogens (tertiary/aromatic N) is 1. The number of nitrogens with one attached hydrogen (secondary N) is 2. The van der Waals surface area contributed by atoms with E-state index < -0.39 is 5.97 Å². The second kappa shape index (κ2) is 7.59. The molecule has 0 aliphatic heterocycles. The smallest absolute Gasteiger partial charge is 0.337 e. The molecule has 0 bridgehead atoms. The van der Waals surface area contributed by atoms with Gasteiger partial charge in [0.05, 0.1) is 36.8 Å². The number of carbonyl (C=O) groups is 2. The number of carboxylic acid groups (broad SMARTS) is 1. The number of aromatic carboxylic acids is 1. The van der Waals surface area contributed by atoms with Crippen LogP contribution in [0.2, 0.25) is 0 Å². The lowest BCUT2D eigenvalue weighted by Crippen LogP contribution is -2.24. The Morgan fingerprint density at radius 3 is 2.56 bits per heavy atom. The molecule has 3 N–H and O–H groups in total. The van der Waals surface area contributed by atoms with E-state index in [-0.39, 0.29) is 17.9 Å². The SMILES string of the molecule is COc1cc(C)c(C(=O)CNCc2nc3cccc(C(=O)O)c3[nH]2)c(C)c1. The lowest BCUT2D eigenvalue weighted by atomic mass is 9.98. The van der Waals surface area contributed by atoms with Crippen LogP contribution in [0.15, 0.2) is 30.3 Å². The Balaban J connectivity index is 1.70. The van der Waals surface area contributed by atoms with Crippen molar-refractivity contribution in [3.05, 3.63) is 58.4 Å². The summed E-state index contributed by atoms with van der Waals surface area (Å²) in [4.78, 5) is 31.2. The Morgan fingerprint density at radius 1 is 1.22 bits per heavy atom. The zero-order valence-electron chi connectivity index (χ0n) is 15.4. The second-order valence-electron chi connectivity index (χ2n) is 6.35. The number of rotatable bonds is 7. The van der Waals surface area contributed by atoms with Gasteiger partial charge in [0.1, 0.15) is 11.6 Å². The predicted octanol–water partition coefficient (Wildman–Crippen LogP) is 2.86. The molecule has 3 aromatic rings. The summed E-state index contributed by atoms with van der Waals surface area (Å²) in [6.45, 7) is 4.25. The topological polar surface area (TPSA) is 104 Å². The maximum absolute atomic E-state index is 12.6. The number of hydrogen-bond acceptors (Lipinski definition) is 5. The lowest BCUT2D eigenvalue weighted by Gasteiger charge is -2.11. The fourth-order valence-electron chi connectivity index (χ4n) is 3.21. The van der Waals surface area contributed by atoms with Gasteiger partial charge in [0.25, 0.3) is 0 Å². The van der Waals surface area contributed by atoms with E-state index in [1.165, 1.54) is 6.07 Å². The van der Waals surface area contributed by atoms with Crippen LogP contribution in [0.5, 0.6) is 5.75 Å². The van der Waals surface area contributed by atoms with Crippen molar-refractivity contribution in [3.8, 4) is 5.75 Å². The summed E-state index contributed by atoms with van der Waals surface area (Å²) in [5, 5.41) is 12.3. The first-order chi connectivity index (χ1) is 12.9. The summed E-state index contributed by atoms with van der Waals surface area (Å²) in [7, 11) is 1.60. The average Bonchev–Trinajstić information content (AvgIpc) is 3.03. The van der Waals surface area contributed by atoms with Crippen molar-refractivity contribution in [1.82, 2.24) is 15.3 Å². The van der Waals surface area contributed by atoms with Gasteiger partial charge in [-0.1, -0.05) is 6.07 Å². The summed E-state index contributed by atoms with van der Waals surface area (Å²) in [6, 6.07) is 8.61. The van der Waals surface area contributed by atoms with Gasteiger partial charge < -0.3 is 20.1 Å². The van der Waals surface area contributed by atoms with Crippen molar-refractivity contribution in [2.24, 2.45) is 0 Å². The number of Topliss-reactive ketones (excluding diaryl/α,β-unsaturated/α-hetero) is 1. The van der Waals surface area contributed by atoms with Gasteiger partial charge in [-0.3, -0.25) is 4.79 Å². The molecule has 0 amide bonds. The highest BCUT2D eigenvalue weighted by Crippen LogP contribution is 2.22. The number of carboxylic acids is 1. The van der Waals surface area contributed by atoms with Crippen LogP contribution in [0.3, 0.4) is 0 Å². The van der Waals surface area contributed by atoms with E-state index in [2.05, 4.69) is 15.3 Å². The van der Waals surface area contributed by atoms with Gasteiger partial charge in [-0.25, -0.2) is 9.78 Å². The molecule has 7 nitrogen and oxygen atoms in total. The Labute approximate surface area is 156 Å². The molecule has 0 saturated carbocycles. The molecule has 27 heavy (non-hydrogen) atoms. The van der Waals surface area contributed by atoms with Crippen LogP contribution in [-0.2, 0) is 6.54 Å². The highest BCUT2D eigenvalue weighted by molar-refractivity contribution is 6.01. The summed E-state index contributed by atoms with van der Waals surface area (Å²) < 4.78 is 5.22. The van der Waals surface area contributed by atoms with Crippen molar-refractivity contribution < 1.29 is 19.4 Å². The molecule has 3 rings (SSSR count). The Hall–Kier alpha value is -3.19. The molecule has 0 radical (unpaired) electrons. The fourth-order valence-corrected chi connectivity index (χ4v) is 3.21. The number of ketones is 1. The van der Waals surface area contributed by atoms with Crippen LogP contribution in [0.25, 0.3) is 11.0 Å². The molecule has 0 saturated heterocycles. The van der Waals surface area contributed by atoms with E-state index in [1.54, 1.807) is 19.2 Å². The Morgan fingerprint density at radius 2 is 1.93 bits per heavy atom. The molecular formula is C20H21N3O4. The molecule has 140 valence electrons. The molecule has 2 aromatic carbocycles. The molecule has 1 heterocycles. The molecule has 0 unspecified atom stereocenters. The molecule has 0 atom stereocenters. The zero-order chi connectivity index (χ0) is 19.6. The summed E-state index contributed by atoms with van der Waals surface area (Å²) >= 11 is 0. The molecule has 7 heteroatoms. The molecule has 0 fully saturated rings. The fraction of sp³-hybridized carbons (Fsp3) is 0.250. The van der Waals surface area contributed by atoms with Crippen molar-refractivity contribution in [2.75, 3.05) is 13.7 Å². The molecule has 0 aliphatic rings. The number of aromatic nitrogens is 2. The van der Waals surface area contributed by atoms with Crippen molar-refractivity contribution in [1.29, 1.82) is 0 Å². The number of imidazole rings is 1. The summed E-state index contributed by atoms with van der Waals surface area (Å²) in [5.74, 6) is 0.278. The number of carbonyl (C=O) groups excluding carboxylic acids is 1. The minimum atomic E-state index is -1.01. The van der Waals surface area contributed by atoms with Gasteiger partial charge >= 0.3 is 5.97 Å². The van der Waals surface area contributed by atoms with Gasteiger partial charge in [-0.15, -0.1) is 0 Å². The standard InChI is InChI=1S/C20H21N3O4/c1-11-7-13(27-3)8-12(2)18(11)16(24)9-21-10-17-22-15-6-4-5-14(20(25)26)19(15)23-17/h4-8,21H,9-10H2,1-3H3,(H,22,23)(H,25,26). The number of H-pyrrole nitrogens is 1. The maximum Gasteiger partial charge on any atom is 0.337 e. The predicted molar refractivity (Wildman–Crippen MR) is 102 cm³/mol. The Kier molecular flexibility index (Phi) is 5.23. The number of methoxy groups -OCH3 is 1. The van der Waals surface area contributed by atoms with Crippen LogP contribution in [0.4, 0.5) is 0 Å². The third-order valence-electron chi connectivity index (χ3n) is 4.40. The van der Waals surface area contributed by atoms with E-state index in [1.807, 2.05) is 26.0 Å². The van der Waals surface area contributed by atoms with Crippen LogP contribution in [0.1, 0.15) is 37.7 Å². The summed E-state index contributed by atoms with van der Waals surface area (Å²) in [6.07, 6.45) is 0. The first-order valence-electron chi connectivity index (χ1n) is 8.50. The first kappa shape index (κ1) is 18.6. The molecular weight excluding hydrogens is 346 g/mol. The largest absolute Gasteiger partial charge is 0.497 e. The third kappa shape index (κ3) is 3.83. The maximum atomic E-state index is 12.6. The van der Waals surface area contributed by atoms with Crippen LogP contribution in [-0.4, -0.2) is 40.5 Å². The second-order valence-corrected chi connectivity index (χ2v) is 6.35. The minimum absolute atomic E-state index is 0.0185. The van der Waals surface area contributed by atoms with E-state index in [0.29, 0.717) is 29.0 Å². The van der Waals surface area contributed by atoms with Crippen LogP contribution >= 0.6 is 0 Å². The normalized spacial score (nSPS) is 10.9. The van der Waals surface area contributed by atoms with Crippen molar-refractivity contribution in [2.45, 2.75) is 20.4 Å². The number of hydrogen-bond donors (Lipinski definition) is 3. The van der Waals surface area contributed by atoms with E-state index in [0.717, 1.165) is 16.9 Å². The minimum Gasteiger partial charge on any atom is -0.497 e. The monoisotopic (exact) mass is 367 g/mol. The van der Waals surface area contributed by atoms with Crippen molar-refractivity contribution >= 4 is 22.8 Å². The van der Waals surface area contributed by atoms with Gasteiger partial charge in [0, 0.05) is 5.56 Å². The number of aromatic amines is 1. The van der Waals surface area contributed by atoms with Crippen LogP contribution in [0, 0.1) is 13.8 Å². The molecule has 0 aliphatic carbocycles. The van der Waals surface area contributed by atoms with Gasteiger partial charge in [-0.2, -0.15) is 0 Å². The first-order valence-corrected chi connectivity index (χ1v) is 8.50. The van der Waals surface area contributed by atoms with E-state index >= 15 is 0 Å². The summed E-state index contributed by atoms with van der Waals surface area (Å²) in [5.41, 5.74) is 3.66. The van der Waals surface area contributed by atoms with Gasteiger partial charge in [-0.05, 0) is 49.2 Å². The third-order valence-corrected chi connectivity index (χ3v) is 4.40. The number of ether oxygens (including phenoxy) is 1. The quantitative estimate of drug-likeness (QED) is 0.555. The van der Waals surface area contributed by atoms with E-state index in [9.17, 15) is 14.7 Å². The Bertz CT molecular complexity index is 1000. The van der Waals surface area contributed by atoms with Crippen molar-refractivity contribution in [3.63, 3.8) is 0 Å². The van der Waals surface area contributed by atoms with Gasteiger partial charge in [0.2, 0.25) is 0 Å². The zero-order valence-corrected chi connectivity index (χ0v) is 15.4. The number of fused-ring (bicyclic) bond motifs is 1. The van der Waals surface area contributed by atoms with E-state index in [4.69, 9.17) is 4.74 Å². The van der Waals surface area contributed by atoms with Gasteiger partial charge in [0.15, 0.2) is 5.78 Å². The molecule has 1 aromatic heterocycles. The highest BCUT2D eigenvalue weighted by atomic mass is 16.5. The number of aryl methyl sites for hydroxylation is 2. The number of benzene rings is 2. The highest BCUT2D eigenvalue weighted by Gasteiger charge is 2.15.